The Morgan fingerprint density at radius 2 is 1.75 bits per heavy atom. The number of hydrogen-bond acceptors (Lipinski definition) is 7. The van der Waals surface area contributed by atoms with E-state index in [1.54, 1.807) is 33.9 Å². The molecule has 0 aromatic rings. The zero-order chi connectivity index (χ0) is 29.3. The van der Waals surface area contributed by atoms with Gasteiger partial charge in [-0.3, -0.25) is 19.2 Å². The van der Waals surface area contributed by atoms with E-state index in [4.69, 9.17) is 4.74 Å². The number of ketones is 2. The van der Waals surface area contributed by atoms with Crippen molar-refractivity contribution < 1.29 is 38.5 Å². The zero-order valence-electron chi connectivity index (χ0n) is 23.9. The lowest BCUT2D eigenvalue weighted by Crippen LogP contribution is -2.69. The molecule has 5 aliphatic rings. The van der Waals surface area contributed by atoms with Gasteiger partial charge in [0.15, 0.2) is 18.1 Å². The summed E-state index contributed by atoms with van der Waals surface area (Å²) in [5.74, 6) is -3.43. The second-order valence-corrected chi connectivity index (χ2v) is 13.4. The first-order valence-corrected chi connectivity index (χ1v) is 14.7. The molecular weight excluding hydrogens is 517 g/mol. The van der Waals surface area contributed by atoms with Crippen LogP contribution in [0, 0.1) is 40.4 Å². The number of alkyl halides is 1. The number of aliphatic hydroxyl groups excluding tert-OH is 1. The van der Waals surface area contributed by atoms with Gasteiger partial charge in [-0.2, -0.15) is 0 Å². The second kappa shape index (κ2) is 9.86. The van der Waals surface area contributed by atoms with Crippen molar-refractivity contribution in [1.82, 2.24) is 5.32 Å². The first-order valence-electron chi connectivity index (χ1n) is 14.7. The summed E-state index contributed by atoms with van der Waals surface area (Å²) in [5.41, 5.74) is -5.54. The maximum Gasteiger partial charge on any atom is 0.309 e. The molecule has 8 atom stereocenters. The van der Waals surface area contributed by atoms with Crippen LogP contribution in [0.5, 0.6) is 0 Å². The molecule has 0 aromatic carbocycles. The first kappa shape index (κ1) is 29.1. The van der Waals surface area contributed by atoms with Gasteiger partial charge in [0, 0.05) is 29.7 Å². The van der Waals surface area contributed by atoms with E-state index in [0.717, 1.165) is 0 Å². The topological polar surface area (TPSA) is 130 Å². The summed E-state index contributed by atoms with van der Waals surface area (Å²) >= 11 is 0. The van der Waals surface area contributed by atoms with Crippen molar-refractivity contribution in [3.63, 3.8) is 0 Å². The Labute approximate surface area is 234 Å². The van der Waals surface area contributed by atoms with Crippen molar-refractivity contribution in [3.8, 4) is 0 Å². The van der Waals surface area contributed by atoms with Gasteiger partial charge in [0.2, 0.25) is 11.7 Å². The van der Waals surface area contributed by atoms with Gasteiger partial charge in [-0.1, -0.05) is 25.5 Å². The van der Waals surface area contributed by atoms with Crippen LogP contribution in [0.15, 0.2) is 23.8 Å². The highest BCUT2D eigenvalue weighted by molar-refractivity contribution is 6.01. The fourth-order valence-corrected chi connectivity index (χ4v) is 9.30. The van der Waals surface area contributed by atoms with E-state index in [2.05, 4.69) is 5.32 Å². The Morgan fingerprint density at radius 1 is 1.10 bits per heavy atom. The third-order valence-electron chi connectivity index (χ3n) is 11.7. The Morgan fingerprint density at radius 3 is 2.40 bits per heavy atom. The van der Waals surface area contributed by atoms with Crippen molar-refractivity contribution in [2.75, 3.05) is 13.7 Å². The van der Waals surface area contributed by atoms with Crippen LogP contribution in [-0.4, -0.2) is 64.7 Å². The predicted octanol–water partition coefficient (Wildman–Crippen LogP) is 3.00. The van der Waals surface area contributed by atoms with E-state index in [9.17, 15) is 29.4 Å². The molecule has 8 nitrogen and oxygen atoms in total. The van der Waals surface area contributed by atoms with E-state index >= 15 is 4.39 Å². The average Bonchev–Trinajstić information content (AvgIpc) is 3.13. The van der Waals surface area contributed by atoms with Gasteiger partial charge in [-0.15, -0.1) is 0 Å². The highest BCUT2D eigenvalue weighted by atomic mass is 19.1. The fraction of sp³-hybridized carbons (Fsp3) is 0.742. The Bertz CT molecular complexity index is 1170. The third-order valence-corrected chi connectivity index (χ3v) is 11.7. The molecule has 4 fully saturated rings. The summed E-state index contributed by atoms with van der Waals surface area (Å²) in [5, 5.41) is 26.2. The molecule has 4 saturated carbocycles. The summed E-state index contributed by atoms with van der Waals surface area (Å²) in [6.45, 7) is 4.67. The molecule has 0 saturated heterocycles. The lowest BCUT2D eigenvalue weighted by Gasteiger charge is -2.62. The number of esters is 1. The van der Waals surface area contributed by atoms with Crippen molar-refractivity contribution in [3.05, 3.63) is 23.8 Å². The number of amides is 1. The molecule has 0 aromatic heterocycles. The Kier molecular flexibility index (Phi) is 7.18. The first-order chi connectivity index (χ1) is 18.7. The minimum Gasteiger partial charge on any atom is -0.457 e. The van der Waals surface area contributed by atoms with E-state index in [1.165, 1.54) is 12.2 Å². The molecular formula is C31H42FNO7. The number of ether oxygens (including phenoxy) is 1. The maximum atomic E-state index is 17.3. The maximum absolute atomic E-state index is 17.3. The Hall–Kier alpha value is -2.39. The second-order valence-electron chi connectivity index (χ2n) is 13.4. The molecule has 0 unspecified atom stereocenters. The van der Waals surface area contributed by atoms with Crippen LogP contribution < -0.4 is 5.32 Å². The van der Waals surface area contributed by atoms with Gasteiger partial charge >= 0.3 is 5.97 Å². The minimum absolute atomic E-state index is 0.0404. The highest BCUT2D eigenvalue weighted by Crippen LogP contribution is 2.70. The number of halogens is 1. The SMILES string of the molecule is CNC(=O)C1CCC(C(=O)OCC(=O)[C@@]2(O)[C@H](C)C[C@H]3[C@@H]4CCC5=CC(=O)C=C[C@]5(C)[C@@]4(F)[C@@H](O)C[C@@]32C)CC1. The van der Waals surface area contributed by atoms with Gasteiger partial charge in [0.05, 0.1) is 12.0 Å². The van der Waals surface area contributed by atoms with Gasteiger partial charge in [-0.25, -0.2) is 4.39 Å². The number of Topliss-reactive ketones (excluding diaryl/α,β-unsaturated/α-hetero) is 1. The quantitative estimate of drug-likeness (QED) is 0.442. The largest absolute Gasteiger partial charge is 0.457 e. The van der Waals surface area contributed by atoms with Crippen LogP contribution in [-0.2, 0) is 23.9 Å². The minimum atomic E-state index is -2.05. The molecule has 3 N–H and O–H groups in total. The number of allylic oxidation sites excluding steroid dienone is 4. The van der Waals surface area contributed by atoms with Crippen molar-refractivity contribution in [1.29, 1.82) is 0 Å². The van der Waals surface area contributed by atoms with Crippen LogP contribution in [0.3, 0.4) is 0 Å². The normalized spacial score (nSPS) is 46.0. The van der Waals surface area contributed by atoms with Crippen molar-refractivity contribution >= 4 is 23.4 Å². The molecule has 5 aliphatic carbocycles. The molecule has 40 heavy (non-hydrogen) atoms. The van der Waals surface area contributed by atoms with Crippen LogP contribution in [0.2, 0.25) is 0 Å². The molecule has 0 radical (unpaired) electrons. The van der Waals surface area contributed by atoms with E-state index in [1.807, 2.05) is 0 Å². The summed E-state index contributed by atoms with van der Waals surface area (Å²) in [6.07, 6.45) is 6.27. The molecule has 1 amide bonds. The molecule has 9 heteroatoms. The number of rotatable bonds is 5. The molecule has 220 valence electrons. The van der Waals surface area contributed by atoms with E-state index in [-0.39, 0.29) is 29.9 Å². The lowest BCUT2D eigenvalue weighted by atomic mass is 9.44. The van der Waals surface area contributed by atoms with Crippen molar-refractivity contribution in [2.45, 2.75) is 89.5 Å². The standard InChI is InChI=1S/C31H42FNO7/c1-17-13-23-22-10-9-20-14-21(34)11-12-28(20,2)30(22,32)24(35)15-29(23,3)31(17,39)25(36)16-40-27(38)19-7-5-18(6-8-19)26(37)33-4/h11-12,14,17-19,22-24,35,39H,5-10,13,15-16H2,1-4H3,(H,33,37)/t17-,18?,19?,22+,23+,24+,28+,29+,30+,31+/m1/s1. The summed E-state index contributed by atoms with van der Waals surface area (Å²) in [7, 11) is 1.59. The van der Waals surface area contributed by atoms with Crippen LogP contribution in [0.25, 0.3) is 0 Å². The van der Waals surface area contributed by atoms with Crippen molar-refractivity contribution in [2.24, 2.45) is 40.4 Å². The van der Waals surface area contributed by atoms with Crippen LogP contribution >= 0.6 is 0 Å². The zero-order valence-corrected chi connectivity index (χ0v) is 23.9. The number of carbonyl (C=O) groups is 4. The number of nitrogens with one attached hydrogen (secondary N) is 1. The molecule has 0 aliphatic heterocycles. The molecule has 5 rings (SSSR count). The van der Waals surface area contributed by atoms with Gasteiger partial charge in [0.25, 0.3) is 0 Å². The van der Waals surface area contributed by atoms with Gasteiger partial charge in [-0.05, 0) is 82.3 Å². The highest BCUT2D eigenvalue weighted by Gasteiger charge is 2.75. The lowest BCUT2D eigenvalue weighted by molar-refractivity contribution is -0.220. The molecule has 0 spiro atoms. The third kappa shape index (κ3) is 3.90. The number of fused-ring (bicyclic) bond motifs is 5. The fourth-order valence-electron chi connectivity index (χ4n) is 9.30. The predicted molar refractivity (Wildman–Crippen MR) is 143 cm³/mol. The monoisotopic (exact) mass is 559 g/mol. The van der Waals surface area contributed by atoms with Gasteiger partial charge in [0.1, 0.15) is 5.60 Å². The molecule has 0 bridgehead atoms. The van der Waals surface area contributed by atoms with E-state index < -0.39 is 64.3 Å². The van der Waals surface area contributed by atoms with Gasteiger partial charge < -0.3 is 20.3 Å². The number of hydrogen-bond donors (Lipinski definition) is 3. The summed E-state index contributed by atoms with van der Waals surface area (Å²) in [6, 6.07) is 0. The molecule has 0 heterocycles. The smallest absolute Gasteiger partial charge is 0.309 e. The van der Waals surface area contributed by atoms with Crippen LogP contribution in [0.4, 0.5) is 4.39 Å². The van der Waals surface area contributed by atoms with E-state index in [0.29, 0.717) is 50.5 Å². The number of aliphatic hydroxyl groups is 2. The average molecular weight is 560 g/mol. The number of carbonyl (C=O) groups excluding carboxylic acids is 4. The Balaban J connectivity index is 1.32. The van der Waals surface area contributed by atoms with Crippen LogP contribution in [0.1, 0.15) is 72.1 Å². The summed E-state index contributed by atoms with van der Waals surface area (Å²) < 4.78 is 22.7. The summed E-state index contributed by atoms with van der Waals surface area (Å²) in [4.78, 5) is 50.4.